The third-order valence-electron chi connectivity index (χ3n) is 5.07. The van der Waals surface area contributed by atoms with Crippen LogP contribution in [0.15, 0.2) is 63.8 Å². The summed E-state index contributed by atoms with van der Waals surface area (Å²) in [4.78, 5) is 13.5. The molecule has 0 saturated heterocycles. The highest BCUT2D eigenvalue weighted by atomic mass is 35.5. The fourth-order valence-electron chi connectivity index (χ4n) is 3.55. The Labute approximate surface area is 189 Å². The Morgan fingerprint density at radius 2 is 1.65 bits per heavy atom. The van der Waals surface area contributed by atoms with E-state index in [1.54, 1.807) is 37.4 Å². The van der Waals surface area contributed by atoms with Crippen molar-refractivity contribution in [3.05, 3.63) is 91.6 Å². The third-order valence-corrected chi connectivity index (χ3v) is 5.78. The van der Waals surface area contributed by atoms with Crippen LogP contribution in [0.4, 0.5) is 0 Å². The Kier molecular flexibility index (Phi) is 5.94. The van der Waals surface area contributed by atoms with E-state index in [-0.39, 0.29) is 17.8 Å². The minimum absolute atomic E-state index is 0.0306. The summed E-state index contributed by atoms with van der Waals surface area (Å²) in [7, 11) is 1.60. The van der Waals surface area contributed by atoms with E-state index in [0.29, 0.717) is 43.7 Å². The Balaban J connectivity index is 1.90. The van der Waals surface area contributed by atoms with Gasteiger partial charge in [-0.15, -0.1) is 0 Å². The van der Waals surface area contributed by atoms with Crippen LogP contribution in [0.3, 0.4) is 0 Å². The minimum Gasteiger partial charge on any atom is -0.497 e. The number of fused-ring (bicyclic) bond motifs is 1. The van der Waals surface area contributed by atoms with E-state index in [1.807, 2.05) is 38.1 Å². The molecule has 0 unspecified atom stereocenters. The average Bonchev–Trinajstić information content (AvgIpc) is 2.74. The Hall–Kier alpha value is -2.95. The molecule has 0 aliphatic heterocycles. The minimum atomic E-state index is -0.243. The molecule has 0 amide bonds. The first-order valence-corrected chi connectivity index (χ1v) is 10.4. The van der Waals surface area contributed by atoms with Crippen molar-refractivity contribution >= 4 is 34.2 Å². The average molecular weight is 455 g/mol. The smallest absolute Gasteiger partial charge is 0.235 e. The number of rotatable bonds is 5. The quantitative estimate of drug-likeness (QED) is 0.326. The van der Waals surface area contributed by atoms with Gasteiger partial charge < -0.3 is 13.9 Å². The number of ether oxygens (including phenoxy) is 2. The number of methoxy groups -OCH3 is 1. The van der Waals surface area contributed by atoms with Gasteiger partial charge in [0.05, 0.1) is 12.5 Å². The molecule has 0 fully saturated rings. The lowest BCUT2D eigenvalue weighted by molar-refractivity contribution is 0.298. The number of benzene rings is 3. The molecular weight excluding hydrogens is 435 g/mol. The standard InChI is InChI=1S/C25H20Cl2O4/c1-14-11-15(2)22-21(12-14)31-24(16-7-9-17(29-3)10-8-16)25(23(22)28)30-13-18-19(26)5-4-6-20(18)27/h4-12H,13H2,1-3H3. The lowest BCUT2D eigenvalue weighted by atomic mass is 10.0. The van der Waals surface area contributed by atoms with Crippen molar-refractivity contribution < 1.29 is 13.9 Å². The lowest BCUT2D eigenvalue weighted by Gasteiger charge is -2.14. The van der Waals surface area contributed by atoms with Crippen LogP contribution in [0.5, 0.6) is 11.5 Å². The summed E-state index contributed by atoms with van der Waals surface area (Å²) in [6, 6.07) is 16.3. The molecule has 0 aliphatic carbocycles. The summed E-state index contributed by atoms with van der Waals surface area (Å²) >= 11 is 12.6. The van der Waals surface area contributed by atoms with Crippen LogP contribution < -0.4 is 14.9 Å². The molecule has 0 aliphatic rings. The van der Waals surface area contributed by atoms with Crippen LogP contribution in [-0.2, 0) is 6.61 Å². The summed E-state index contributed by atoms with van der Waals surface area (Å²) in [5.41, 5.74) is 3.39. The van der Waals surface area contributed by atoms with Gasteiger partial charge >= 0.3 is 0 Å². The fraction of sp³-hybridized carbons (Fsp3) is 0.160. The Bertz CT molecular complexity index is 1300. The normalized spacial score (nSPS) is 11.0. The first-order valence-electron chi connectivity index (χ1n) is 9.67. The van der Waals surface area contributed by atoms with E-state index in [1.165, 1.54) is 0 Å². The largest absolute Gasteiger partial charge is 0.497 e. The summed E-state index contributed by atoms with van der Waals surface area (Å²) in [5, 5.41) is 1.43. The second-order valence-electron chi connectivity index (χ2n) is 7.26. The number of aryl methyl sites for hydroxylation is 2. The van der Waals surface area contributed by atoms with Crippen LogP contribution in [0.1, 0.15) is 16.7 Å². The Morgan fingerprint density at radius 3 is 2.29 bits per heavy atom. The van der Waals surface area contributed by atoms with E-state index in [0.717, 1.165) is 11.1 Å². The molecule has 0 atom stereocenters. The van der Waals surface area contributed by atoms with Crippen molar-refractivity contribution in [3.8, 4) is 22.8 Å². The molecule has 0 N–H and O–H groups in total. The molecule has 6 heteroatoms. The van der Waals surface area contributed by atoms with Gasteiger partial charge in [-0.1, -0.05) is 35.3 Å². The first kappa shape index (κ1) is 21.3. The molecule has 3 aromatic carbocycles. The first-order chi connectivity index (χ1) is 14.9. The van der Waals surface area contributed by atoms with E-state index in [4.69, 9.17) is 37.1 Å². The van der Waals surface area contributed by atoms with Gasteiger partial charge in [0.1, 0.15) is 17.9 Å². The van der Waals surface area contributed by atoms with Crippen molar-refractivity contribution in [1.82, 2.24) is 0 Å². The van der Waals surface area contributed by atoms with E-state index < -0.39 is 0 Å². The van der Waals surface area contributed by atoms with Gasteiger partial charge in [-0.2, -0.15) is 0 Å². The number of hydrogen-bond donors (Lipinski definition) is 0. The summed E-state index contributed by atoms with van der Waals surface area (Å²) < 4.78 is 17.5. The van der Waals surface area contributed by atoms with E-state index >= 15 is 0 Å². The van der Waals surface area contributed by atoms with Crippen LogP contribution in [0.2, 0.25) is 10.0 Å². The summed E-state index contributed by atoms with van der Waals surface area (Å²) in [6.45, 7) is 3.88. The summed E-state index contributed by atoms with van der Waals surface area (Å²) in [5.74, 6) is 1.15. The third kappa shape index (κ3) is 4.14. The SMILES string of the molecule is COc1ccc(-c2oc3cc(C)cc(C)c3c(=O)c2OCc2c(Cl)cccc2Cl)cc1. The molecule has 0 spiro atoms. The zero-order chi connectivity index (χ0) is 22.1. The van der Waals surface area contributed by atoms with Crippen molar-refractivity contribution in [3.63, 3.8) is 0 Å². The second-order valence-corrected chi connectivity index (χ2v) is 8.08. The van der Waals surface area contributed by atoms with Crippen LogP contribution >= 0.6 is 23.2 Å². The lowest BCUT2D eigenvalue weighted by Crippen LogP contribution is -2.12. The molecule has 4 rings (SSSR count). The predicted molar refractivity (Wildman–Crippen MR) is 125 cm³/mol. The van der Waals surface area contributed by atoms with E-state index in [9.17, 15) is 4.79 Å². The molecule has 0 saturated carbocycles. The van der Waals surface area contributed by atoms with Crippen molar-refractivity contribution in [2.75, 3.05) is 7.11 Å². The van der Waals surface area contributed by atoms with Crippen molar-refractivity contribution in [2.24, 2.45) is 0 Å². The molecule has 4 aromatic rings. The van der Waals surface area contributed by atoms with Crippen LogP contribution in [-0.4, -0.2) is 7.11 Å². The van der Waals surface area contributed by atoms with Crippen molar-refractivity contribution in [1.29, 1.82) is 0 Å². The van der Waals surface area contributed by atoms with Gasteiger partial charge in [-0.05, 0) is 67.4 Å². The topological polar surface area (TPSA) is 48.7 Å². The molecular formula is C25H20Cl2O4. The van der Waals surface area contributed by atoms with Gasteiger partial charge in [0.2, 0.25) is 11.2 Å². The summed E-state index contributed by atoms with van der Waals surface area (Å²) in [6.07, 6.45) is 0. The molecule has 31 heavy (non-hydrogen) atoms. The fourth-order valence-corrected chi connectivity index (χ4v) is 4.06. The van der Waals surface area contributed by atoms with Gasteiger partial charge in [-0.25, -0.2) is 0 Å². The monoisotopic (exact) mass is 454 g/mol. The highest BCUT2D eigenvalue weighted by Gasteiger charge is 2.20. The molecule has 158 valence electrons. The van der Waals surface area contributed by atoms with Gasteiger partial charge in [0.15, 0.2) is 5.76 Å². The second kappa shape index (κ2) is 8.66. The number of halogens is 2. The van der Waals surface area contributed by atoms with E-state index in [2.05, 4.69) is 0 Å². The molecule has 1 aromatic heterocycles. The van der Waals surface area contributed by atoms with Gasteiger partial charge in [0, 0.05) is 21.2 Å². The maximum atomic E-state index is 13.5. The predicted octanol–water partition coefficient (Wildman–Crippen LogP) is 6.97. The molecule has 0 radical (unpaired) electrons. The van der Waals surface area contributed by atoms with Crippen molar-refractivity contribution in [2.45, 2.75) is 20.5 Å². The van der Waals surface area contributed by atoms with Gasteiger partial charge in [0.25, 0.3) is 0 Å². The number of hydrogen-bond acceptors (Lipinski definition) is 4. The van der Waals surface area contributed by atoms with Gasteiger partial charge in [-0.3, -0.25) is 4.79 Å². The Morgan fingerprint density at radius 1 is 0.968 bits per heavy atom. The zero-order valence-electron chi connectivity index (χ0n) is 17.3. The molecule has 0 bridgehead atoms. The highest BCUT2D eigenvalue weighted by molar-refractivity contribution is 6.35. The maximum absolute atomic E-state index is 13.5. The highest BCUT2D eigenvalue weighted by Crippen LogP contribution is 2.34. The van der Waals surface area contributed by atoms with Crippen LogP contribution in [0, 0.1) is 13.8 Å². The maximum Gasteiger partial charge on any atom is 0.235 e. The zero-order valence-corrected chi connectivity index (χ0v) is 18.8. The molecule has 4 nitrogen and oxygen atoms in total. The van der Waals surface area contributed by atoms with Crippen LogP contribution in [0.25, 0.3) is 22.3 Å². The molecule has 1 heterocycles.